The molecule has 25 heavy (non-hydrogen) atoms. The van der Waals surface area contributed by atoms with Crippen LogP contribution in [-0.2, 0) is 11.3 Å². The second kappa shape index (κ2) is 6.32. The predicted molar refractivity (Wildman–Crippen MR) is 82.4 cm³/mol. The van der Waals surface area contributed by atoms with Gasteiger partial charge in [-0.1, -0.05) is 12.1 Å². The molecule has 1 atom stereocenters. The van der Waals surface area contributed by atoms with Crippen molar-refractivity contribution in [1.82, 2.24) is 4.90 Å². The number of esters is 1. The number of nitrogens with zero attached hydrogens (tertiary/aromatic N) is 2. The normalized spacial score (nSPS) is 15.7. The van der Waals surface area contributed by atoms with E-state index in [9.17, 15) is 23.6 Å². The molecule has 1 unspecified atom stereocenters. The van der Waals surface area contributed by atoms with Gasteiger partial charge in [0.2, 0.25) is 0 Å². The van der Waals surface area contributed by atoms with E-state index in [1.807, 2.05) is 6.07 Å². The first kappa shape index (κ1) is 16.6. The van der Waals surface area contributed by atoms with E-state index in [-0.39, 0.29) is 17.7 Å². The Balaban J connectivity index is 1.91. The molecule has 126 valence electrons. The van der Waals surface area contributed by atoms with Crippen molar-refractivity contribution in [3.8, 4) is 6.07 Å². The van der Waals surface area contributed by atoms with Gasteiger partial charge in [0.15, 0.2) is 0 Å². The third kappa shape index (κ3) is 2.83. The maximum Gasteiger partial charge on any atom is 0.337 e. The average molecular weight is 342 g/mol. The zero-order valence-corrected chi connectivity index (χ0v) is 13.1. The number of benzene rings is 2. The second-order valence-corrected chi connectivity index (χ2v) is 5.51. The van der Waals surface area contributed by atoms with Crippen molar-refractivity contribution in [3.05, 3.63) is 70.3 Å². The maximum atomic E-state index is 14.0. The Morgan fingerprint density at radius 1 is 1.28 bits per heavy atom. The Morgan fingerprint density at radius 3 is 2.56 bits per heavy atom. The second-order valence-electron chi connectivity index (χ2n) is 5.51. The summed E-state index contributed by atoms with van der Waals surface area (Å²) in [5.74, 6) is -2.99. The zero-order chi connectivity index (χ0) is 18.1. The lowest BCUT2D eigenvalue weighted by Gasteiger charge is -2.20. The van der Waals surface area contributed by atoms with Crippen molar-refractivity contribution < 1.29 is 23.1 Å². The molecule has 1 aliphatic rings. The van der Waals surface area contributed by atoms with Gasteiger partial charge in [0.05, 0.1) is 24.3 Å². The van der Waals surface area contributed by atoms with Crippen molar-refractivity contribution in [2.45, 2.75) is 12.6 Å². The lowest BCUT2D eigenvalue weighted by Crippen LogP contribution is -2.27. The Morgan fingerprint density at radius 2 is 1.96 bits per heavy atom. The lowest BCUT2D eigenvalue weighted by molar-refractivity contribution is 0.0600. The molecule has 0 saturated carbocycles. The monoisotopic (exact) mass is 342 g/mol. The molecular weight excluding hydrogens is 330 g/mol. The molecule has 1 amide bonds. The molecule has 0 bridgehead atoms. The highest BCUT2D eigenvalue weighted by atomic mass is 19.1. The van der Waals surface area contributed by atoms with E-state index >= 15 is 0 Å². The number of hydrogen-bond donors (Lipinski definition) is 0. The zero-order valence-electron chi connectivity index (χ0n) is 13.1. The topological polar surface area (TPSA) is 70.4 Å². The summed E-state index contributed by atoms with van der Waals surface area (Å²) in [5.41, 5.74) is 0.720. The van der Waals surface area contributed by atoms with Crippen LogP contribution in [0.25, 0.3) is 0 Å². The summed E-state index contributed by atoms with van der Waals surface area (Å²) in [4.78, 5) is 25.1. The number of fused-ring (bicyclic) bond motifs is 1. The molecule has 0 saturated heterocycles. The molecular formula is C18H12F2N2O3. The third-order valence-corrected chi connectivity index (χ3v) is 4.02. The molecule has 0 radical (unpaired) electrons. The van der Waals surface area contributed by atoms with Crippen LogP contribution in [0.3, 0.4) is 0 Å². The summed E-state index contributed by atoms with van der Waals surface area (Å²) in [7, 11) is 1.27. The molecule has 2 aromatic carbocycles. The average Bonchev–Trinajstić information content (AvgIpc) is 2.86. The number of amides is 1. The van der Waals surface area contributed by atoms with Crippen LogP contribution >= 0.6 is 0 Å². The lowest BCUT2D eigenvalue weighted by atomic mass is 10.0. The van der Waals surface area contributed by atoms with Crippen LogP contribution in [0.5, 0.6) is 0 Å². The summed E-state index contributed by atoms with van der Waals surface area (Å²) in [5, 5.41) is 9.36. The fourth-order valence-electron chi connectivity index (χ4n) is 2.83. The van der Waals surface area contributed by atoms with E-state index < -0.39 is 29.6 Å². The van der Waals surface area contributed by atoms with Crippen molar-refractivity contribution in [3.63, 3.8) is 0 Å². The van der Waals surface area contributed by atoms with Crippen molar-refractivity contribution in [2.24, 2.45) is 0 Å². The summed E-state index contributed by atoms with van der Waals surface area (Å²) < 4.78 is 32.0. The minimum Gasteiger partial charge on any atom is -0.465 e. The number of ether oxygens (including phenoxy) is 1. The quantitative estimate of drug-likeness (QED) is 0.804. The van der Waals surface area contributed by atoms with Gasteiger partial charge < -0.3 is 9.64 Å². The molecule has 7 heteroatoms. The highest BCUT2D eigenvalue weighted by molar-refractivity contribution is 6.00. The SMILES string of the molecule is COC(=O)c1ccc(CN2C(=O)c3c(F)cc(F)cc3C2C#N)cc1. The summed E-state index contributed by atoms with van der Waals surface area (Å²) in [6.45, 7) is 0.0221. The van der Waals surface area contributed by atoms with Gasteiger partial charge in [0.25, 0.3) is 5.91 Å². The number of hydrogen-bond acceptors (Lipinski definition) is 4. The predicted octanol–water partition coefficient (Wildman–Crippen LogP) is 2.97. The van der Waals surface area contributed by atoms with E-state index in [0.717, 1.165) is 6.07 Å². The number of carbonyl (C=O) groups is 2. The standard InChI is InChI=1S/C18H12F2N2O3/c1-25-18(24)11-4-2-10(3-5-11)9-22-15(8-21)13-6-12(19)7-14(20)16(13)17(22)23/h2-7,15H,9H2,1H3. The van der Waals surface area contributed by atoms with Gasteiger partial charge in [0, 0.05) is 18.2 Å². The van der Waals surface area contributed by atoms with E-state index in [1.54, 1.807) is 12.1 Å². The Hall–Kier alpha value is -3.27. The minimum atomic E-state index is -1.08. The molecule has 5 nitrogen and oxygen atoms in total. The number of halogens is 2. The minimum absolute atomic E-state index is 0.0221. The Kier molecular flexibility index (Phi) is 4.19. The van der Waals surface area contributed by atoms with Crippen LogP contribution in [0.15, 0.2) is 36.4 Å². The molecule has 0 spiro atoms. The smallest absolute Gasteiger partial charge is 0.337 e. The van der Waals surface area contributed by atoms with Crippen LogP contribution < -0.4 is 0 Å². The van der Waals surface area contributed by atoms with E-state index in [1.165, 1.54) is 24.1 Å². The first-order valence-electron chi connectivity index (χ1n) is 7.33. The van der Waals surface area contributed by atoms with Gasteiger partial charge >= 0.3 is 5.97 Å². The molecule has 0 aliphatic carbocycles. The first-order chi connectivity index (χ1) is 12.0. The van der Waals surface area contributed by atoms with Crippen LogP contribution in [-0.4, -0.2) is 23.9 Å². The van der Waals surface area contributed by atoms with Crippen LogP contribution in [0.2, 0.25) is 0 Å². The van der Waals surface area contributed by atoms with Crippen LogP contribution in [0.4, 0.5) is 8.78 Å². The highest BCUT2D eigenvalue weighted by Gasteiger charge is 2.39. The fraction of sp³-hybridized carbons (Fsp3) is 0.167. The Bertz CT molecular complexity index is 904. The van der Waals surface area contributed by atoms with Crippen LogP contribution in [0, 0.1) is 23.0 Å². The maximum absolute atomic E-state index is 14.0. The Labute approximate surface area is 142 Å². The van der Waals surface area contributed by atoms with Crippen molar-refractivity contribution >= 4 is 11.9 Å². The van der Waals surface area contributed by atoms with Gasteiger partial charge in [-0.3, -0.25) is 4.79 Å². The van der Waals surface area contributed by atoms with Gasteiger partial charge in [-0.2, -0.15) is 5.26 Å². The molecule has 3 rings (SSSR count). The fourth-order valence-corrected chi connectivity index (χ4v) is 2.83. The molecule has 0 aromatic heterocycles. The first-order valence-corrected chi connectivity index (χ1v) is 7.33. The summed E-state index contributed by atoms with van der Waals surface area (Å²) in [6.07, 6.45) is 0. The van der Waals surface area contributed by atoms with E-state index in [0.29, 0.717) is 17.2 Å². The summed E-state index contributed by atoms with van der Waals surface area (Å²) in [6, 6.07) is 8.72. The van der Waals surface area contributed by atoms with Crippen LogP contribution in [0.1, 0.15) is 37.9 Å². The van der Waals surface area contributed by atoms with Crippen molar-refractivity contribution in [1.29, 1.82) is 5.26 Å². The van der Waals surface area contributed by atoms with Gasteiger partial charge in [0.1, 0.15) is 17.7 Å². The molecule has 1 heterocycles. The largest absolute Gasteiger partial charge is 0.465 e. The highest BCUT2D eigenvalue weighted by Crippen LogP contribution is 2.36. The van der Waals surface area contributed by atoms with Gasteiger partial charge in [-0.15, -0.1) is 0 Å². The number of nitriles is 1. The van der Waals surface area contributed by atoms with Gasteiger partial charge in [-0.05, 0) is 23.8 Å². The summed E-state index contributed by atoms with van der Waals surface area (Å²) >= 11 is 0. The molecule has 0 N–H and O–H groups in total. The number of carbonyl (C=O) groups excluding carboxylic acids is 2. The van der Waals surface area contributed by atoms with E-state index in [2.05, 4.69) is 4.74 Å². The van der Waals surface area contributed by atoms with E-state index in [4.69, 9.17) is 0 Å². The number of rotatable bonds is 3. The third-order valence-electron chi connectivity index (χ3n) is 4.02. The molecule has 0 fully saturated rings. The number of methoxy groups -OCH3 is 1. The molecule has 2 aromatic rings. The van der Waals surface area contributed by atoms with Crippen molar-refractivity contribution in [2.75, 3.05) is 7.11 Å². The van der Waals surface area contributed by atoms with Gasteiger partial charge in [-0.25, -0.2) is 13.6 Å². The molecule has 1 aliphatic heterocycles.